The normalized spacial score (nSPS) is 12.0. The number of thiophene rings is 1. The molecule has 0 spiro atoms. The molecular weight excluding hydrogens is 178 g/mol. The van der Waals surface area contributed by atoms with Gasteiger partial charge in [0.05, 0.1) is 11.0 Å². The molecule has 1 aromatic rings. The van der Waals surface area contributed by atoms with E-state index in [0.717, 1.165) is 11.3 Å². The zero-order valence-electron chi connectivity index (χ0n) is 5.93. The summed E-state index contributed by atoms with van der Waals surface area (Å²) in [5.41, 5.74) is 5.33. The van der Waals surface area contributed by atoms with E-state index in [-0.39, 0.29) is 5.00 Å². The average molecular weight is 183 g/mol. The van der Waals surface area contributed by atoms with Gasteiger partial charge in [0.2, 0.25) is 0 Å². The van der Waals surface area contributed by atoms with Gasteiger partial charge < -0.3 is 5.73 Å². The van der Waals surface area contributed by atoms with Crippen LogP contribution in [0.3, 0.4) is 0 Å². The molecule has 6 heteroatoms. The standard InChI is InChI=1S/C6H5N3O2S/c7-3-4(8)5-1-2-6(12-5)9(10)11/h1-2,4H,8H2. The van der Waals surface area contributed by atoms with Gasteiger partial charge >= 0.3 is 5.00 Å². The van der Waals surface area contributed by atoms with Crippen LogP contribution in [0.2, 0.25) is 0 Å². The molecule has 0 aliphatic heterocycles. The summed E-state index contributed by atoms with van der Waals surface area (Å²) in [5, 5.41) is 18.6. The van der Waals surface area contributed by atoms with E-state index in [1.165, 1.54) is 12.1 Å². The van der Waals surface area contributed by atoms with Crippen LogP contribution in [0.4, 0.5) is 5.00 Å². The van der Waals surface area contributed by atoms with Gasteiger partial charge in [-0.05, 0) is 6.07 Å². The number of nitro groups is 1. The number of nitrogens with two attached hydrogens (primary N) is 1. The predicted octanol–water partition coefficient (Wildman–Crippen LogP) is 1.18. The first-order chi connectivity index (χ1) is 5.65. The fourth-order valence-corrected chi connectivity index (χ4v) is 1.44. The van der Waals surface area contributed by atoms with E-state index in [2.05, 4.69) is 0 Å². The second kappa shape index (κ2) is 3.30. The highest BCUT2D eigenvalue weighted by molar-refractivity contribution is 7.15. The Bertz CT molecular complexity index is 341. The van der Waals surface area contributed by atoms with Gasteiger partial charge in [0.1, 0.15) is 6.04 Å². The minimum absolute atomic E-state index is 0.00991. The summed E-state index contributed by atoms with van der Waals surface area (Å²) in [6.07, 6.45) is 0. The SMILES string of the molecule is N#CC(N)c1ccc([N+](=O)[O-])s1. The molecule has 0 amide bonds. The van der Waals surface area contributed by atoms with E-state index in [0.29, 0.717) is 4.88 Å². The summed E-state index contributed by atoms with van der Waals surface area (Å²) in [7, 11) is 0. The summed E-state index contributed by atoms with van der Waals surface area (Å²) >= 11 is 0.927. The number of nitriles is 1. The molecule has 0 aliphatic rings. The Labute approximate surface area is 72.2 Å². The molecular formula is C6H5N3O2S. The third kappa shape index (κ3) is 1.58. The lowest BCUT2D eigenvalue weighted by molar-refractivity contribution is -0.380. The van der Waals surface area contributed by atoms with Crippen LogP contribution in [-0.2, 0) is 0 Å². The third-order valence-electron chi connectivity index (χ3n) is 1.24. The van der Waals surface area contributed by atoms with Crippen molar-refractivity contribution >= 4 is 16.3 Å². The van der Waals surface area contributed by atoms with Crippen molar-refractivity contribution in [3.05, 3.63) is 27.1 Å². The van der Waals surface area contributed by atoms with Crippen LogP contribution >= 0.6 is 11.3 Å². The van der Waals surface area contributed by atoms with Crippen LogP contribution in [0.5, 0.6) is 0 Å². The maximum atomic E-state index is 10.2. The number of rotatable bonds is 2. The summed E-state index contributed by atoms with van der Waals surface area (Å²) in [6.45, 7) is 0. The average Bonchev–Trinajstić information content (AvgIpc) is 2.51. The summed E-state index contributed by atoms with van der Waals surface area (Å²) in [4.78, 5) is 10.2. The van der Waals surface area contributed by atoms with Crippen molar-refractivity contribution in [2.75, 3.05) is 0 Å². The first kappa shape index (κ1) is 8.64. The van der Waals surface area contributed by atoms with E-state index >= 15 is 0 Å². The summed E-state index contributed by atoms with van der Waals surface area (Å²) in [5.74, 6) is 0. The Morgan fingerprint density at radius 3 is 2.83 bits per heavy atom. The molecule has 0 saturated heterocycles. The lowest BCUT2D eigenvalue weighted by Gasteiger charge is -1.93. The van der Waals surface area contributed by atoms with Crippen molar-refractivity contribution in [2.24, 2.45) is 5.73 Å². The number of hydrogen-bond donors (Lipinski definition) is 1. The Hall–Kier alpha value is -1.45. The van der Waals surface area contributed by atoms with Crippen LogP contribution in [0, 0.1) is 21.4 Å². The Morgan fingerprint density at radius 1 is 1.75 bits per heavy atom. The van der Waals surface area contributed by atoms with E-state index in [1.807, 2.05) is 0 Å². The van der Waals surface area contributed by atoms with Gasteiger partial charge in [-0.3, -0.25) is 10.1 Å². The zero-order valence-corrected chi connectivity index (χ0v) is 6.75. The number of nitrogens with zero attached hydrogens (tertiary/aromatic N) is 2. The van der Waals surface area contributed by atoms with E-state index in [4.69, 9.17) is 11.0 Å². The lowest BCUT2D eigenvalue weighted by Crippen LogP contribution is -2.04. The van der Waals surface area contributed by atoms with Crippen molar-refractivity contribution < 1.29 is 4.92 Å². The minimum atomic E-state index is -0.760. The first-order valence-electron chi connectivity index (χ1n) is 3.04. The van der Waals surface area contributed by atoms with Crippen molar-refractivity contribution in [1.29, 1.82) is 5.26 Å². The Balaban J connectivity index is 2.93. The van der Waals surface area contributed by atoms with Crippen molar-refractivity contribution in [3.63, 3.8) is 0 Å². The highest BCUT2D eigenvalue weighted by atomic mass is 32.1. The molecule has 0 bridgehead atoms. The molecule has 0 radical (unpaired) electrons. The molecule has 1 heterocycles. The molecule has 0 fully saturated rings. The van der Waals surface area contributed by atoms with Gasteiger partial charge in [-0.25, -0.2) is 0 Å². The fraction of sp³-hybridized carbons (Fsp3) is 0.167. The smallest absolute Gasteiger partial charge is 0.312 e. The van der Waals surface area contributed by atoms with E-state index < -0.39 is 11.0 Å². The van der Waals surface area contributed by atoms with E-state index in [1.54, 1.807) is 6.07 Å². The maximum Gasteiger partial charge on any atom is 0.324 e. The minimum Gasteiger partial charge on any atom is -0.312 e. The molecule has 0 aromatic carbocycles. The topological polar surface area (TPSA) is 93.0 Å². The molecule has 12 heavy (non-hydrogen) atoms. The van der Waals surface area contributed by atoms with Gasteiger partial charge in [-0.2, -0.15) is 5.26 Å². The van der Waals surface area contributed by atoms with Crippen LogP contribution in [0.15, 0.2) is 12.1 Å². The molecule has 1 unspecified atom stereocenters. The third-order valence-corrected chi connectivity index (χ3v) is 2.36. The maximum absolute atomic E-state index is 10.2. The highest BCUT2D eigenvalue weighted by Crippen LogP contribution is 2.27. The van der Waals surface area contributed by atoms with Gasteiger partial charge in [-0.15, -0.1) is 0 Å². The van der Waals surface area contributed by atoms with E-state index in [9.17, 15) is 10.1 Å². The van der Waals surface area contributed by atoms with Crippen molar-refractivity contribution in [2.45, 2.75) is 6.04 Å². The Morgan fingerprint density at radius 2 is 2.42 bits per heavy atom. The molecule has 1 rings (SSSR count). The Kier molecular flexibility index (Phi) is 2.38. The molecule has 1 atom stereocenters. The first-order valence-corrected chi connectivity index (χ1v) is 3.86. The lowest BCUT2D eigenvalue weighted by atomic mass is 10.3. The quantitative estimate of drug-likeness (QED) is 0.550. The van der Waals surface area contributed by atoms with Crippen LogP contribution in [0.25, 0.3) is 0 Å². The number of hydrogen-bond acceptors (Lipinski definition) is 5. The molecule has 0 aliphatic carbocycles. The molecule has 1 aromatic heterocycles. The van der Waals surface area contributed by atoms with Crippen molar-refractivity contribution in [3.8, 4) is 6.07 Å². The fourth-order valence-electron chi connectivity index (χ4n) is 0.671. The second-order valence-electron chi connectivity index (χ2n) is 2.04. The van der Waals surface area contributed by atoms with Crippen LogP contribution < -0.4 is 5.73 Å². The van der Waals surface area contributed by atoms with Crippen molar-refractivity contribution in [1.82, 2.24) is 0 Å². The molecule has 2 N–H and O–H groups in total. The molecule has 5 nitrogen and oxygen atoms in total. The largest absolute Gasteiger partial charge is 0.324 e. The van der Waals surface area contributed by atoms with Gasteiger partial charge in [0, 0.05) is 10.9 Å². The summed E-state index contributed by atoms with van der Waals surface area (Å²) in [6, 6.07) is 3.88. The van der Waals surface area contributed by atoms with Gasteiger partial charge in [0.15, 0.2) is 0 Å². The molecule has 0 saturated carbocycles. The highest BCUT2D eigenvalue weighted by Gasteiger charge is 2.13. The van der Waals surface area contributed by atoms with Gasteiger partial charge in [0.25, 0.3) is 0 Å². The monoisotopic (exact) mass is 183 g/mol. The van der Waals surface area contributed by atoms with Crippen LogP contribution in [-0.4, -0.2) is 4.92 Å². The van der Waals surface area contributed by atoms with Gasteiger partial charge in [-0.1, -0.05) is 11.3 Å². The molecule has 62 valence electrons. The summed E-state index contributed by atoms with van der Waals surface area (Å²) < 4.78 is 0. The zero-order chi connectivity index (χ0) is 9.14. The second-order valence-corrected chi connectivity index (χ2v) is 3.13. The van der Waals surface area contributed by atoms with Crippen LogP contribution in [0.1, 0.15) is 10.9 Å². The predicted molar refractivity (Wildman–Crippen MR) is 43.5 cm³/mol.